The third-order valence-corrected chi connectivity index (χ3v) is 1.62. The van der Waals surface area contributed by atoms with Crippen LogP contribution in [0.1, 0.15) is 27.7 Å². The SMILES string of the molecule is [B]C(C(=O)C(C)C)C(C)C. The summed E-state index contributed by atoms with van der Waals surface area (Å²) in [6.45, 7) is 7.69. The molecule has 0 amide bonds. The lowest BCUT2D eigenvalue weighted by Crippen LogP contribution is -2.19. The van der Waals surface area contributed by atoms with Gasteiger partial charge in [0.05, 0.1) is 7.85 Å². The molecule has 0 saturated carbocycles. The number of hydrogen-bond acceptors (Lipinski definition) is 1. The number of carbonyl (C=O) groups excluding carboxylic acids is 1. The summed E-state index contributed by atoms with van der Waals surface area (Å²) < 4.78 is 0. The molecule has 1 atom stereocenters. The third kappa shape index (κ3) is 2.55. The minimum Gasteiger partial charge on any atom is -0.300 e. The van der Waals surface area contributed by atoms with E-state index < -0.39 is 0 Å². The van der Waals surface area contributed by atoms with Crippen LogP contribution in [0.15, 0.2) is 0 Å². The molecule has 0 rings (SSSR count). The fourth-order valence-corrected chi connectivity index (χ4v) is 0.713. The smallest absolute Gasteiger partial charge is 0.130 e. The highest BCUT2D eigenvalue weighted by Gasteiger charge is 2.18. The summed E-state index contributed by atoms with van der Waals surface area (Å²) in [5.41, 5.74) is 0. The highest BCUT2D eigenvalue weighted by atomic mass is 16.1. The largest absolute Gasteiger partial charge is 0.300 e. The van der Waals surface area contributed by atoms with Gasteiger partial charge in [-0.15, -0.1) is 0 Å². The van der Waals surface area contributed by atoms with Gasteiger partial charge in [0, 0.05) is 5.92 Å². The predicted octanol–water partition coefficient (Wildman–Crippen LogP) is 1.82. The lowest BCUT2D eigenvalue weighted by atomic mass is 9.72. The van der Waals surface area contributed by atoms with E-state index in [4.69, 9.17) is 7.85 Å². The Morgan fingerprint density at radius 3 is 1.70 bits per heavy atom. The average Bonchev–Trinajstić information content (AvgIpc) is 1.84. The average molecular weight is 138 g/mol. The van der Waals surface area contributed by atoms with E-state index in [1.54, 1.807) is 0 Å². The summed E-state index contributed by atoms with van der Waals surface area (Å²) >= 11 is 0. The Bertz CT molecular complexity index is 118. The van der Waals surface area contributed by atoms with Crippen LogP contribution >= 0.6 is 0 Å². The maximum Gasteiger partial charge on any atom is 0.130 e. The second-order valence-electron chi connectivity index (χ2n) is 3.33. The van der Waals surface area contributed by atoms with Gasteiger partial charge < -0.3 is 0 Å². The molecule has 0 aromatic carbocycles. The van der Waals surface area contributed by atoms with Crippen LogP contribution in [-0.2, 0) is 4.79 Å². The second kappa shape index (κ2) is 3.79. The number of ketones is 1. The van der Waals surface area contributed by atoms with E-state index in [0.717, 1.165) is 0 Å². The van der Waals surface area contributed by atoms with E-state index in [1.807, 2.05) is 27.7 Å². The first-order chi connectivity index (χ1) is 4.46. The van der Waals surface area contributed by atoms with Crippen molar-refractivity contribution in [3.8, 4) is 0 Å². The molecule has 0 bridgehead atoms. The molecule has 0 aromatic rings. The Morgan fingerprint density at radius 1 is 1.20 bits per heavy atom. The molecule has 0 heterocycles. The molecule has 0 aliphatic heterocycles. The van der Waals surface area contributed by atoms with Crippen molar-refractivity contribution in [2.75, 3.05) is 0 Å². The molecule has 0 saturated heterocycles. The summed E-state index contributed by atoms with van der Waals surface area (Å²) in [6.07, 6.45) is 0. The molecule has 56 valence electrons. The van der Waals surface area contributed by atoms with E-state index in [9.17, 15) is 4.79 Å². The summed E-state index contributed by atoms with van der Waals surface area (Å²) in [7, 11) is 5.61. The van der Waals surface area contributed by atoms with Gasteiger partial charge in [-0.1, -0.05) is 27.7 Å². The molecule has 1 unspecified atom stereocenters. The van der Waals surface area contributed by atoms with Gasteiger partial charge >= 0.3 is 0 Å². The summed E-state index contributed by atoms with van der Waals surface area (Å²) in [4.78, 5) is 11.2. The zero-order valence-electron chi connectivity index (χ0n) is 7.22. The van der Waals surface area contributed by atoms with Crippen molar-refractivity contribution in [2.24, 2.45) is 11.8 Å². The molecule has 2 heteroatoms. The number of Topliss-reactive ketones (excluding diaryl/α,β-unsaturated/α-hetero) is 1. The molecule has 1 nitrogen and oxygen atoms in total. The van der Waals surface area contributed by atoms with Crippen molar-refractivity contribution >= 4 is 13.6 Å². The third-order valence-electron chi connectivity index (χ3n) is 1.62. The highest BCUT2D eigenvalue weighted by Crippen LogP contribution is 2.18. The zero-order chi connectivity index (χ0) is 8.31. The predicted molar refractivity (Wildman–Crippen MR) is 44.2 cm³/mol. The van der Waals surface area contributed by atoms with Crippen molar-refractivity contribution < 1.29 is 4.79 Å². The van der Waals surface area contributed by atoms with Gasteiger partial charge in [-0.05, 0) is 11.7 Å². The van der Waals surface area contributed by atoms with Crippen LogP contribution in [0.4, 0.5) is 0 Å². The fourth-order valence-electron chi connectivity index (χ4n) is 0.713. The van der Waals surface area contributed by atoms with Gasteiger partial charge in [0.2, 0.25) is 0 Å². The molecule has 0 aliphatic rings. The van der Waals surface area contributed by atoms with Crippen molar-refractivity contribution in [1.29, 1.82) is 0 Å². The molecular formula is C8H15BO. The molecule has 2 radical (unpaired) electrons. The second-order valence-corrected chi connectivity index (χ2v) is 3.33. The monoisotopic (exact) mass is 138 g/mol. The fraction of sp³-hybridized carbons (Fsp3) is 0.875. The standard InChI is InChI=1S/C8H15BO/c1-5(2)7(9)8(10)6(3)4/h5-7H,1-4H3. The molecule has 10 heavy (non-hydrogen) atoms. The minimum atomic E-state index is -0.278. The van der Waals surface area contributed by atoms with Crippen molar-refractivity contribution in [3.05, 3.63) is 0 Å². The summed E-state index contributed by atoms with van der Waals surface area (Å²) in [5, 5.41) is 0. The maximum atomic E-state index is 11.2. The first kappa shape index (κ1) is 9.73. The van der Waals surface area contributed by atoms with Crippen LogP contribution in [0.2, 0.25) is 5.82 Å². The van der Waals surface area contributed by atoms with E-state index in [-0.39, 0.29) is 23.4 Å². The van der Waals surface area contributed by atoms with Gasteiger partial charge in [0.15, 0.2) is 0 Å². The normalized spacial score (nSPS) is 14.2. The van der Waals surface area contributed by atoms with Gasteiger partial charge in [-0.3, -0.25) is 4.79 Å². The number of hydrogen-bond donors (Lipinski definition) is 0. The zero-order valence-corrected chi connectivity index (χ0v) is 7.22. The van der Waals surface area contributed by atoms with Crippen LogP contribution < -0.4 is 0 Å². The number of rotatable bonds is 3. The Labute approximate surface area is 64.6 Å². The molecule has 0 aromatic heterocycles. The molecular weight excluding hydrogens is 123 g/mol. The van der Waals surface area contributed by atoms with Crippen molar-refractivity contribution in [2.45, 2.75) is 33.5 Å². The summed E-state index contributed by atoms with van der Waals surface area (Å²) in [6, 6.07) is 0. The Balaban J connectivity index is 3.95. The molecule has 0 N–H and O–H groups in total. The molecule has 0 spiro atoms. The minimum absolute atomic E-state index is 0.0670. The summed E-state index contributed by atoms with van der Waals surface area (Å²) in [5.74, 6) is 0.210. The highest BCUT2D eigenvalue weighted by molar-refractivity contribution is 6.24. The van der Waals surface area contributed by atoms with Gasteiger partial charge in [-0.2, -0.15) is 0 Å². The quantitative estimate of drug-likeness (QED) is 0.543. The van der Waals surface area contributed by atoms with E-state index in [0.29, 0.717) is 0 Å². The molecule has 0 aliphatic carbocycles. The lowest BCUT2D eigenvalue weighted by molar-refractivity contribution is -0.122. The maximum absolute atomic E-state index is 11.2. The van der Waals surface area contributed by atoms with Gasteiger partial charge in [0.1, 0.15) is 5.78 Å². The van der Waals surface area contributed by atoms with Crippen LogP contribution in [-0.4, -0.2) is 13.6 Å². The van der Waals surface area contributed by atoms with E-state index in [1.165, 1.54) is 0 Å². The Morgan fingerprint density at radius 2 is 1.60 bits per heavy atom. The van der Waals surface area contributed by atoms with Crippen LogP contribution in [0, 0.1) is 11.8 Å². The molecule has 0 fully saturated rings. The topological polar surface area (TPSA) is 17.1 Å². The Kier molecular flexibility index (Phi) is 3.69. The van der Waals surface area contributed by atoms with Crippen molar-refractivity contribution in [1.82, 2.24) is 0 Å². The number of carbonyl (C=O) groups is 1. The van der Waals surface area contributed by atoms with Gasteiger partial charge in [-0.25, -0.2) is 0 Å². The Hall–Kier alpha value is -0.265. The van der Waals surface area contributed by atoms with E-state index in [2.05, 4.69) is 0 Å². The van der Waals surface area contributed by atoms with Crippen LogP contribution in [0.5, 0.6) is 0 Å². The van der Waals surface area contributed by atoms with Crippen LogP contribution in [0.25, 0.3) is 0 Å². The van der Waals surface area contributed by atoms with Crippen LogP contribution in [0.3, 0.4) is 0 Å². The first-order valence-electron chi connectivity index (χ1n) is 3.76. The van der Waals surface area contributed by atoms with Gasteiger partial charge in [0.25, 0.3) is 0 Å². The van der Waals surface area contributed by atoms with Crippen molar-refractivity contribution in [3.63, 3.8) is 0 Å². The lowest BCUT2D eigenvalue weighted by Gasteiger charge is -2.16. The van der Waals surface area contributed by atoms with E-state index >= 15 is 0 Å². The first-order valence-corrected chi connectivity index (χ1v) is 3.76.